The first kappa shape index (κ1) is 11.9. The van der Waals surface area contributed by atoms with Crippen LogP contribution in [-0.2, 0) is 0 Å². The maximum Gasteiger partial charge on any atom is 0.292 e. The van der Waals surface area contributed by atoms with Gasteiger partial charge < -0.3 is 10.6 Å². The molecule has 1 fully saturated rings. The van der Waals surface area contributed by atoms with Gasteiger partial charge in [-0.1, -0.05) is 13.0 Å². The highest BCUT2D eigenvalue weighted by atomic mass is 16.6. The number of aryl methyl sites for hydroxylation is 1. The van der Waals surface area contributed by atoms with Gasteiger partial charge in [-0.15, -0.1) is 0 Å². The van der Waals surface area contributed by atoms with Crippen molar-refractivity contribution in [2.24, 2.45) is 11.7 Å². The van der Waals surface area contributed by atoms with E-state index < -0.39 is 0 Å². The molecule has 5 nitrogen and oxygen atoms in total. The second kappa shape index (κ2) is 4.33. The lowest BCUT2D eigenvalue weighted by Gasteiger charge is -2.18. The maximum atomic E-state index is 11.0. The van der Waals surface area contributed by atoms with Crippen molar-refractivity contribution >= 4 is 11.4 Å². The zero-order chi connectivity index (χ0) is 12.6. The van der Waals surface area contributed by atoms with E-state index >= 15 is 0 Å². The lowest BCUT2D eigenvalue weighted by Crippen LogP contribution is -2.28. The van der Waals surface area contributed by atoms with Gasteiger partial charge in [0.25, 0.3) is 5.69 Å². The molecule has 1 aromatic carbocycles. The number of anilines is 1. The van der Waals surface area contributed by atoms with Gasteiger partial charge in [0.05, 0.1) is 4.92 Å². The van der Waals surface area contributed by atoms with E-state index in [1.807, 2.05) is 17.9 Å². The van der Waals surface area contributed by atoms with Crippen molar-refractivity contribution in [2.75, 3.05) is 18.0 Å². The van der Waals surface area contributed by atoms with Crippen LogP contribution in [-0.4, -0.2) is 24.1 Å². The summed E-state index contributed by atoms with van der Waals surface area (Å²) in [5, 5.41) is 11.0. The molecule has 0 spiro atoms. The zero-order valence-corrected chi connectivity index (χ0v) is 10.1. The fourth-order valence-electron chi connectivity index (χ4n) is 2.23. The van der Waals surface area contributed by atoms with Crippen LogP contribution in [0.2, 0.25) is 0 Å². The van der Waals surface area contributed by atoms with Gasteiger partial charge >= 0.3 is 0 Å². The summed E-state index contributed by atoms with van der Waals surface area (Å²) in [5.74, 6) is 0.370. The summed E-state index contributed by atoms with van der Waals surface area (Å²) in [4.78, 5) is 12.7. The number of hydrogen-bond donors (Lipinski definition) is 1. The number of nitrogens with two attached hydrogens (primary N) is 1. The van der Waals surface area contributed by atoms with E-state index in [0.29, 0.717) is 18.2 Å². The number of rotatable bonds is 2. The Bertz CT molecular complexity index is 437. The van der Waals surface area contributed by atoms with Crippen molar-refractivity contribution < 1.29 is 4.92 Å². The predicted molar refractivity (Wildman–Crippen MR) is 67.2 cm³/mol. The Hall–Kier alpha value is -1.62. The number of benzene rings is 1. The van der Waals surface area contributed by atoms with Crippen LogP contribution in [0.15, 0.2) is 18.2 Å². The summed E-state index contributed by atoms with van der Waals surface area (Å²) in [6.07, 6.45) is 0. The molecular formula is C12H17N3O2. The van der Waals surface area contributed by atoms with Crippen molar-refractivity contribution in [1.29, 1.82) is 0 Å². The van der Waals surface area contributed by atoms with Crippen molar-refractivity contribution in [1.82, 2.24) is 0 Å². The van der Waals surface area contributed by atoms with Gasteiger partial charge in [0.2, 0.25) is 0 Å². The Morgan fingerprint density at radius 2 is 2.18 bits per heavy atom. The standard InChI is InChI=1S/C12H17N3O2/c1-8-3-4-11(15(16)17)12(5-8)14-6-9(2)10(13)7-14/h3-5,9-10H,6-7,13H2,1-2H3. The molecule has 0 aromatic heterocycles. The minimum atomic E-state index is -0.330. The first-order chi connectivity index (χ1) is 7.99. The average molecular weight is 235 g/mol. The Morgan fingerprint density at radius 3 is 2.71 bits per heavy atom. The van der Waals surface area contributed by atoms with Gasteiger partial charge in [-0.3, -0.25) is 10.1 Å². The molecule has 2 atom stereocenters. The smallest absolute Gasteiger partial charge is 0.292 e. The van der Waals surface area contributed by atoms with E-state index in [-0.39, 0.29) is 16.7 Å². The van der Waals surface area contributed by atoms with Crippen LogP contribution in [0.25, 0.3) is 0 Å². The SMILES string of the molecule is Cc1ccc([N+](=O)[O-])c(N2CC(C)C(N)C2)c1. The normalized spacial score (nSPS) is 24.1. The molecule has 1 aromatic rings. The second-order valence-corrected chi connectivity index (χ2v) is 4.80. The van der Waals surface area contributed by atoms with Crippen molar-refractivity contribution in [3.63, 3.8) is 0 Å². The quantitative estimate of drug-likeness (QED) is 0.625. The van der Waals surface area contributed by atoms with Crippen LogP contribution in [0.5, 0.6) is 0 Å². The molecule has 92 valence electrons. The molecule has 17 heavy (non-hydrogen) atoms. The molecular weight excluding hydrogens is 218 g/mol. The van der Waals surface area contributed by atoms with Crippen molar-refractivity contribution in [2.45, 2.75) is 19.9 Å². The molecule has 0 aliphatic carbocycles. The van der Waals surface area contributed by atoms with Crippen LogP contribution in [0.1, 0.15) is 12.5 Å². The van der Waals surface area contributed by atoms with E-state index in [1.54, 1.807) is 12.1 Å². The molecule has 2 N–H and O–H groups in total. The monoisotopic (exact) mass is 235 g/mol. The van der Waals surface area contributed by atoms with Crippen LogP contribution < -0.4 is 10.6 Å². The third-order valence-corrected chi connectivity index (χ3v) is 3.34. The summed E-state index contributed by atoms with van der Waals surface area (Å²) in [6.45, 7) is 5.48. The van der Waals surface area contributed by atoms with E-state index in [2.05, 4.69) is 6.92 Å². The highest BCUT2D eigenvalue weighted by molar-refractivity contribution is 5.65. The third-order valence-electron chi connectivity index (χ3n) is 3.34. The van der Waals surface area contributed by atoms with Gasteiger partial charge in [0, 0.05) is 25.2 Å². The molecule has 2 unspecified atom stereocenters. The highest BCUT2D eigenvalue weighted by Crippen LogP contribution is 2.32. The van der Waals surface area contributed by atoms with Gasteiger partial charge in [-0.25, -0.2) is 0 Å². The third kappa shape index (κ3) is 2.24. The largest absolute Gasteiger partial charge is 0.364 e. The minimum Gasteiger partial charge on any atom is -0.364 e. The Kier molecular flexibility index (Phi) is 3.02. The van der Waals surface area contributed by atoms with Gasteiger partial charge in [-0.2, -0.15) is 0 Å². The molecule has 0 bridgehead atoms. The molecule has 0 radical (unpaired) electrons. The predicted octanol–water partition coefficient (Wildman–Crippen LogP) is 1.69. The summed E-state index contributed by atoms with van der Waals surface area (Å²) in [7, 11) is 0. The van der Waals surface area contributed by atoms with E-state index in [1.165, 1.54) is 0 Å². The molecule has 5 heteroatoms. The van der Waals surface area contributed by atoms with Crippen LogP contribution in [0.4, 0.5) is 11.4 Å². The molecule has 1 aliphatic heterocycles. The minimum absolute atomic E-state index is 0.0927. The van der Waals surface area contributed by atoms with Crippen molar-refractivity contribution in [3.8, 4) is 0 Å². The molecule has 1 aliphatic rings. The number of hydrogen-bond acceptors (Lipinski definition) is 4. The first-order valence-corrected chi connectivity index (χ1v) is 5.74. The second-order valence-electron chi connectivity index (χ2n) is 4.80. The van der Waals surface area contributed by atoms with Gasteiger partial charge in [0.1, 0.15) is 5.69 Å². The van der Waals surface area contributed by atoms with E-state index in [9.17, 15) is 10.1 Å². The van der Waals surface area contributed by atoms with Crippen LogP contribution >= 0.6 is 0 Å². The van der Waals surface area contributed by atoms with Crippen LogP contribution in [0, 0.1) is 23.0 Å². The number of nitrogens with zero attached hydrogens (tertiary/aromatic N) is 2. The summed E-state index contributed by atoms with van der Waals surface area (Å²) >= 11 is 0. The number of nitro benzene ring substituents is 1. The lowest BCUT2D eigenvalue weighted by molar-refractivity contribution is -0.384. The highest BCUT2D eigenvalue weighted by Gasteiger charge is 2.30. The molecule has 1 saturated heterocycles. The Morgan fingerprint density at radius 1 is 1.47 bits per heavy atom. The fourth-order valence-corrected chi connectivity index (χ4v) is 2.23. The van der Waals surface area contributed by atoms with E-state index in [0.717, 1.165) is 12.1 Å². The average Bonchev–Trinajstić information content (AvgIpc) is 2.58. The summed E-state index contributed by atoms with van der Waals surface area (Å²) in [6, 6.07) is 5.29. The number of nitro groups is 1. The van der Waals surface area contributed by atoms with Gasteiger partial charge in [-0.05, 0) is 24.5 Å². The molecule has 0 saturated carbocycles. The van der Waals surface area contributed by atoms with Crippen LogP contribution in [0.3, 0.4) is 0 Å². The lowest BCUT2D eigenvalue weighted by atomic mass is 10.1. The van der Waals surface area contributed by atoms with Crippen molar-refractivity contribution in [3.05, 3.63) is 33.9 Å². The Labute approximate surface area is 100 Å². The Balaban J connectivity index is 2.37. The molecule has 2 rings (SSSR count). The maximum absolute atomic E-state index is 11.0. The molecule has 0 amide bonds. The van der Waals surface area contributed by atoms with Gasteiger partial charge in [0.15, 0.2) is 0 Å². The summed E-state index contributed by atoms with van der Waals surface area (Å²) in [5.41, 5.74) is 7.84. The first-order valence-electron chi connectivity index (χ1n) is 5.74. The molecule has 1 heterocycles. The zero-order valence-electron chi connectivity index (χ0n) is 10.1. The summed E-state index contributed by atoms with van der Waals surface area (Å²) < 4.78 is 0. The van der Waals surface area contributed by atoms with E-state index in [4.69, 9.17) is 5.73 Å². The fraction of sp³-hybridized carbons (Fsp3) is 0.500. The topological polar surface area (TPSA) is 72.4 Å².